The van der Waals surface area contributed by atoms with E-state index in [2.05, 4.69) is 27.5 Å². The number of hydrogen-bond donors (Lipinski definition) is 2. The summed E-state index contributed by atoms with van der Waals surface area (Å²) in [5, 5.41) is 6.24. The van der Waals surface area contributed by atoms with Crippen molar-refractivity contribution < 1.29 is 8.42 Å². The molecule has 0 bridgehead atoms. The highest BCUT2D eigenvalue weighted by atomic mass is 32.2. The first-order valence-corrected chi connectivity index (χ1v) is 8.47. The van der Waals surface area contributed by atoms with Crippen molar-refractivity contribution in [3.8, 4) is 0 Å². The fraction of sp³-hybridized carbons (Fsp3) is 0.667. The van der Waals surface area contributed by atoms with Crippen LogP contribution < -0.4 is 10.6 Å². The number of rotatable bonds is 8. The SMILES string of the molecule is CCCc1c(NC)ncnc1NCCCS(C)(=O)=O. The molecule has 0 unspecified atom stereocenters. The molecule has 1 rings (SSSR count). The summed E-state index contributed by atoms with van der Waals surface area (Å²) in [6.07, 6.45) is 5.21. The van der Waals surface area contributed by atoms with Crippen molar-refractivity contribution in [2.75, 3.05) is 36.2 Å². The van der Waals surface area contributed by atoms with Crippen molar-refractivity contribution in [1.82, 2.24) is 9.97 Å². The van der Waals surface area contributed by atoms with Crippen LogP contribution in [0.15, 0.2) is 6.33 Å². The molecule has 0 radical (unpaired) electrons. The zero-order valence-corrected chi connectivity index (χ0v) is 12.5. The van der Waals surface area contributed by atoms with E-state index >= 15 is 0 Å². The zero-order valence-electron chi connectivity index (χ0n) is 11.7. The molecule has 1 aromatic rings. The molecule has 0 spiro atoms. The minimum Gasteiger partial charge on any atom is -0.373 e. The van der Waals surface area contributed by atoms with E-state index < -0.39 is 9.84 Å². The normalized spacial score (nSPS) is 11.3. The number of hydrogen-bond acceptors (Lipinski definition) is 6. The monoisotopic (exact) mass is 286 g/mol. The molecular weight excluding hydrogens is 264 g/mol. The molecule has 0 aromatic carbocycles. The molecule has 0 atom stereocenters. The summed E-state index contributed by atoms with van der Waals surface area (Å²) in [5.41, 5.74) is 1.05. The van der Waals surface area contributed by atoms with Gasteiger partial charge in [-0.05, 0) is 12.8 Å². The van der Waals surface area contributed by atoms with Gasteiger partial charge in [-0.15, -0.1) is 0 Å². The average Bonchev–Trinajstić information content (AvgIpc) is 2.35. The Labute approximate surface area is 115 Å². The molecule has 0 saturated carbocycles. The third kappa shape index (κ3) is 5.42. The van der Waals surface area contributed by atoms with Gasteiger partial charge in [-0.3, -0.25) is 0 Å². The van der Waals surface area contributed by atoms with Crippen molar-refractivity contribution in [1.29, 1.82) is 0 Å². The first-order chi connectivity index (χ1) is 8.98. The third-order valence-electron chi connectivity index (χ3n) is 2.67. The lowest BCUT2D eigenvalue weighted by atomic mass is 10.1. The van der Waals surface area contributed by atoms with Crippen molar-refractivity contribution >= 4 is 21.5 Å². The van der Waals surface area contributed by atoms with E-state index in [0.29, 0.717) is 13.0 Å². The van der Waals surface area contributed by atoms with Crippen LogP contribution in [-0.4, -0.2) is 44.0 Å². The van der Waals surface area contributed by atoms with Gasteiger partial charge in [-0.2, -0.15) is 0 Å². The lowest BCUT2D eigenvalue weighted by molar-refractivity contribution is 0.600. The van der Waals surface area contributed by atoms with Crippen LogP contribution in [0.25, 0.3) is 0 Å². The number of anilines is 2. The first kappa shape index (κ1) is 15.7. The van der Waals surface area contributed by atoms with E-state index in [1.807, 2.05) is 7.05 Å². The van der Waals surface area contributed by atoms with Crippen LogP contribution in [0.5, 0.6) is 0 Å². The maximum absolute atomic E-state index is 11.0. The molecule has 2 N–H and O–H groups in total. The second-order valence-electron chi connectivity index (χ2n) is 4.46. The Morgan fingerprint density at radius 1 is 1.26 bits per heavy atom. The molecule has 0 fully saturated rings. The number of aromatic nitrogens is 2. The van der Waals surface area contributed by atoms with E-state index in [-0.39, 0.29) is 5.75 Å². The fourth-order valence-corrected chi connectivity index (χ4v) is 2.48. The van der Waals surface area contributed by atoms with Gasteiger partial charge in [-0.25, -0.2) is 18.4 Å². The van der Waals surface area contributed by atoms with E-state index in [9.17, 15) is 8.42 Å². The summed E-state index contributed by atoms with van der Waals surface area (Å²) in [6, 6.07) is 0. The molecule has 1 aromatic heterocycles. The minimum atomic E-state index is -2.90. The van der Waals surface area contributed by atoms with Gasteiger partial charge >= 0.3 is 0 Å². The summed E-state index contributed by atoms with van der Waals surface area (Å²) in [6.45, 7) is 2.68. The lowest BCUT2D eigenvalue weighted by Crippen LogP contribution is -2.13. The number of sulfone groups is 1. The summed E-state index contributed by atoms with van der Waals surface area (Å²) in [7, 11) is -1.07. The van der Waals surface area contributed by atoms with Crippen LogP contribution in [-0.2, 0) is 16.3 Å². The van der Waals surface area contributed by atoms with Crippen LogP contribution in [0.3, 0.4) is 0 Å². The van der Waals surface area contributed by atoms with Gasteiger partial charge < -0.3 is 10.6 Å². The molecule has 0 aliphatic rings. The zero-order chi connectivity index (χ0) is 14.3. The van der Waals surface area contributed by atoms with Gasteiger partial charge in [0.15, 0.2) is 0 Å². The van der Waals surface area contributed by atoms with Crippen LogP contribution in [0.4, 0.5) is 11.6 Å². The Kier molecular flexibility index (Phi) is 6.01. The summed E-state index contributed by atoms with van der Waals surface area (Å²) in [5.74, 6) is 1.80. The molecule has 1 heterocycles. The Hall–Kier alpha value is -1.37. The Bertz CT molecular complexity index is 502. The van der Waals surface area contributed by atoms with Crippen molar-refractivity contribution in [2.24, 2.45) is 0 Å². The molecular formula is C12H22N4O2S. The maximum Gasteiger partial charge on any atom is 0.147 e. The standard InChI is InChI=1S/C12H22N4O2S/c1-4-6-10-11(13-2)15-9-16-12(10)14-7-5-8-19(3,17)18/h9H,4-8H2,1-3H3,(H2,13,14,15,16). The van der Waals surface area contributed by atoms with Crippen LogP contribution in [0.1, 0.15) is 25.3 Å². The molecule has 6 nitrogen and oxygen atoms in total. The van der Waals surface area contributed by atoms with Crippen molar-refractivity contribution in [2.45, 2.75) is 26.2 Å². The Morgan fingerprint density at radius 2 is 1.95 bits per heavy atom. The van der Waals surface area contributed by atoms with Gasteiger partial charge in [0.25, 0.3) is 0 Å². The molecule has 7 heteroatoms. The quantitative estimate of drug-likeness (QED) is 0.701. The van der Waals surface area contributed by atoms with E-state index in [1.54, 1.807) is 0 Å². The first-order valence-electron chi connectivity index (χ1n) is 6.41. The fourth-order valence-electron chi connectivity index (χ4n) is 1.81. The summed E-state index contributed by atoms with van der Waals surface area (Å²) < 4.78 is 22.1. The highest BCUT2D eigenvalue weighted by Gasteiger charge is 2.09. The summed E-state index contributed by atoms with van der Waals surface area (Å²) >= 11 is 0. The van der Waals surface area contributed by atoms with Crippen LogP contribution >= 0.6 is 0 Å². The van der Waals surface area contributed by atoms with E-state index in [0.717, 1.165) is 30.0 Å². The molecule has 0 aliphatic carbocycles. The third-order valence-corrected chi connectivity index (χ3v) is 3.70. The van der Waals surface area contributed by atoms with Crippen molar-refractivity contribution in [3.05, 3.63) is 11.9 Å². The van der Waals surface area contributed by atoms with Gasteiger partial charge in [-0.1, -0.05) is 13.3 Å². The molecule has 108 valence electrons. The highest BCUT2D eigenvalue weighted by molar-refractivity contribution is 7.90. The lowest BCUT2D eigenvalue weighted by Gasteiger charge is -2.13. The predicted octanol–water partition coefficient (Wildman–Crippen LogP) is 1.32. The predicted molar refractivity (Wildman–Crippen MR) is 78.4 cm³/mol. The van der Waals surface area contributed by atoms with Gasteiger partial charge in [0.2, 0.25) is 0 Å². The second kappa shape index (κ2) is 7.28. The summed E-state index contributed by atoms with van der Waals surface area (Å²) in [4.78, 5) is 8.41. The van der Waals surface area contributed by atoms with Gasteiger partial charge in [0.1, 0.15) is 27.8 Å². The molecule has 0 aliphatic heterocycles. The number of nitrogens with one attached hydrogen (secondary N) is 2. The van der Waals surface area contributed by atoms with E-state index in [4.69, 9.17) is 0 Å². The average molecular weight is 286 g/mol. The Balaban J connectivity index is 2.67. The van der Waals surface area contributed by atoms with Gasteiger partial charge in [0.05, 0.1) is 5.75 Å². The molecule has 19 heavy (non-hydrogen) atoms. The minimum absolute atomic E-state index is 0.188. The van der Waals surface area contributed by atoms with Crippen molar-refractivity contribution in [3.63, 3.8) is 0 Å². The molecule has 0 amide bonds. The Morgan fingerprint density at radius 3 is 2.53 bits per heavy atom. The van der Waals surface area contributed by atoms with E-state index in [1.165, 1.54) is 12.6 Å². The second-order valence-corrected chi connectivity index (χ2v) is 6.72. The van der Waals surface area contributed by atoms with Gasteiger partial charge in [0, 0.05) is 25.4 Å². The highest BCUT2D eigenvalue weighted by Crippen LogP contribution is 2.21. The van der Waals surface area contributed by atoms with Crippen LogP contribution in [0, 0.1) is 0 Å². The maximum atomic E-state index is 11.0. The smallest absolute Gasteiger partial charge is 0.147 e. The van der Waals surface area contributed by atoms with Crippen LogP contribution in [0.2, 0.25) is 0 Å². The molecule has 0 saturated heterocycles. The largest absolute Gasteiger partial charge is 0.373 e. The topological polar surface area (TPSA) is 84.0 Å². The number of nitrogens with zero attached hydrogens (tertiary/aromatic N) is 2.